The molecule has 0 N–H and O–H groups in total. The molecule has 3 aromatic heterocycles. The van der Waals surface area contributed by atoms with Gasteiger partial charge in [-0.05, 0) is 36.4 Å². The monoisotopic (exact) mass is 538 g/mol. The zero-order valence-corrected chi connectivity index (χ0v) is 23.2. The molecule has 0 aliphatic heterocycles. The second kappa shape index (κ2) is 10.9. The molecular formula is C26H30N4O5SSi. The van der Waals surface area contributed by atoms with Gasteiger partial charge in [0, 0.05) is 32.5 Å². The molecule has 194 valence electrons. The maximum absolute atomic E-state index is 12.1. The van der Waals surface area contributed by atoms with E-state index in [2.05, 4.69) is 29.6 Å². The molecule has 0 amide bonds. The summed E-state index contributed by atoms with van der Waals surface area (Å²) in [7, 11) is -4.68. The summed E-state index contributed by atoms with van der Waals surface area (Å²) in [5.74, 6) is 1.26. The first kappa shape index (κ1) is 26.6. The van der Waals surface area contributed by atoms with Crippen molar-refractivity contribution in [3.8, 4) is 23.0 Å². The van der Waals surface area contributed by atoms with Gasteiger partial charge in [0.15, 0.2) is 27.0 Å². The zero-order chi connectivity index (χ0) is 26.6. The summed E-state index contributed by atoms with van der Waals surface area (Å²) in [6.07, 6.45) is 3.79. The van der Waals surface area contributed by atoms with E-state index in [9.17, 15) is 13.2 Å². The lowest BCUT2D eigenvalue weighted by Crippen LogP contribution is -2.22. The van der Waals surface area contributed by atoms with Crippen LogP contribution in [0.5, 0.6) is 11.5 Å². The summed E-state index contributed by atoms with van der Waals surface area (Å²) in [6, 6.07) is 12.9. The van der Waals surface area contributed by atoms with Crippen LogP contribution in [0.4, 0.5) is 0 Å². The minimum absolute atomic E-state index is 0.0146. The third-order valence-corrected chi connectivity index (χ3v) is 9.07. The summed E-state index contributed by atoms with van der Waals surface area (Å²) in [6.45, 7) is 9.28. The van der Waals surface area contributed by atoms with Crippen LogP contribution in [-0.4, -0.2) is 54.7 Å². The standard InChI is InChI=1S/C26H30N4O5SSi/c1-5-36(32,33)24-10-9-20(16-28-24)35-21-14-19(17-31)25-23(15-21)29-26(22-8-6-7-11-27-22)30(25)18-34-12-13-37(2,3)4/h6-11,14-17H,5,12-13,18H2,1-4H3. The van der Waals surface area contributed by atoms with Crippen molar-refractivity contribution < 1.29 is 22.7 Å². The number of carbonyl (C=O) groups is 1. The Kier molecular flexibility index (Phi) is 7.86. The molecule has 0 unspecified atom stereocenters. The highest BCUT2D eigenvalue weighted by molar-refractivity contribution is 7.91. The molecule has 9 nitrogen and oxygen atoms in total. The molecule has 0 radical (unpaired) electrons. The fraction of sp³-hybridized carbons (Fsp3) is 0.308. The minimum Gasteiger partial charge on any atom is -0.456 e. The Morgan fingerprint density at radius 2 is 1.86 bits per heavy atom. The Bertz CT molecular complexity index is 1500. The van der Waals surface area contributed by atoms with Crippen molar-refractivity contribution >= 4 is 35.2 Å². The second-order valence-electron chi connectivity index (χ2n) is 9.76. The van der Waals surface area contributed by atoms with Gasteiger partial charge in [0.1, 0.15) is 23.9 Å². The molecule has 4 aromatic rings. The van der Waals surface area contributed by atoms with Gasteiger partial charge in [-0.15, -0.1) is 0 Å². The van der Waals surface area contributed by atoms with E-state index in [0.29, 0.717) is 46.2 Å². The number of hydrogen-bond acceptors (Lipinski definition) is 8. The minimum atomic E-state index is -3.42. The van der Waals surface area contributed by atoms with Gasteiger partial charge < -0.3 is 9.47 Å². The van der Waals surface area contributed by atoms with Crippen molar-refractivity contribution in [1.82, 2.24) is 19.5 Å². The molecule has 3 heterocycles. The lowest BCUT2D eigenvalue weighted by Gasteiger charge is -2.16. The van der Waals surface area contributed by atoms with Crippen LogP contribution in [0.1, 0.15) is 17.3 Å². The average molecular weight is 539 g/mol. The number of aromatic nitrogens is 4. The number of ether oxygens (including phenoxy) is 2. The van der Waals surface area contributed by atoms with E-state index in [1.54, 1.807) is 25.3 Å². The van der Waals surface area contributed by atoms with Gasteiger partial charge in [0.05, 0.1) is 23.0 Å². The smallest absolute Gasteiger partial charge is 0.195 e. The highest BCUT2D eigenvalue weighted by Crippen LogP contribution is 2.31. The van der Waals surface area contributed by atoms with Crippen molar-refractivity contribution in [3.63, 3.8) is 0 Å². The lowest BCUT2D eigenvalue weighted by molar-refractivity contribution is 0.0907. The summed E-state index contributed by atoms with van der Waals surface area (Å²) >= 11 is 0. The number of hydrogen-bond donors (Lipinski definition) is 0. The van der Waals surface area contributed by atoms with Crippen LogP contribution in [0, 0.1) is 0 Å². The number of imidazole rings is 1. The SMILES string of the molecule is CCS(=O)(=O)c1ccc(Oc2cc(C=O)c3c(c2)nc(-c2ccccn2)n3COCC[Si](C)(C)C)cn1. The predicted molar refractivity (Wildman–Crippen MR) is 144 cm³/mol. The van der Waals surface area contributed by atoms with Gasteiger partial charge in [-0.3, -0.25) is 14.3 Å². The average Bonchev–Trinajstić information content (AvgIpc) is 3.25. The van der Waals surface area contributed by atoms with Gasteiger partial charge in [-0.25, -0.2) is 18.4 Å². The summed E-state index contributed by atoms with van der Waals surface area (Å²) in [5.41, 5.74) is 2.21. The van der Waals surface area contributed by atoms with Crippen LogP contribution >= 0.6 is 0 Å². The van der Waals surface area contributed by atoms with Gasteiger partial charge in [-0.2, -0.15) is 0 Å². The number of aldehydes is 1. The van der Waals surface area contributed by atoms with Crippen LogP contribution in [0.3, 0.4) is 0 Å². The molecule has 0 saturated carbocycles. The third kappa shape index (κ3) is 6.30. The fourth-order valence-electron chi connectivity index (χ4n) is 3.67. The molecule has 0 aliphatic rings. The zero-order valence-electron chi connectivity index (χ0n) is 21.3. The largest absolute Gasteiger partial charge is 0.456 e. The third-order valence-electron chi connectivity index (χ3n) is 5.73. The van der Waals surface area contributed by atoms with Crippen LogP contribution in [-0.2, 0) is 21.3 Å². The van der Waals surface area contributed by atoms with Crippen molar-refractivity contribution in [2.75, 3.05) is 12.4 Å². The molecule has 0 atom stereocenters. The Balaban J connectivity index is 1.70. The Labute approximate surface area is 217 Å². The van der Waals surface area contributed by atoms with Crippen LogP contribution < -0.4 is 4.74 Å². The topological polar surface area (TPSA) is 113 Å². The number of sulfone groups is 1. The number of carbonyl (C=O) groups excluding carboxylic acids is 1. The van der Waals surface area contributed by atoms with Gasteiger partial charge >= 0.3 is 0 Å². The predicted octanol–water partition coefficient (Wildman–Crippen LogP) is 5.20. The first-order valence-electron chi connectivity index (χ1n) is 12.0. The van der Waals surface area contributed by atoms with Crippen molar-refractivity contribution in [2.45, 2.75) is 44.4 Å². The van der Waals surface area contributed by atoms with E-state index in [0.717, 1.165) is 12.3 Å². The summed E-state index contributed by atoms with van der Waals surface area (Å²) in [4.78, 5) is 25.4. The van der Waals surface area contributed by atoms with E-state index in [1.165, 1.54) is 18.3 Å². The molecule has 1 aromatic carbocycles. The van der Waals surface area contributed by atoms with Crippen molar-refractivity contribution in [3.05, 3.63) is 60.4 Å². The first-order valence-corrected chi connectivity index (χ1v) is 17.3. The van der Waals surface area contributed by atoms with Crippen LogP contribution in [0.2, 0.25) is 25.7 Å². The van der Waals surface area contributed by atoms with Crippen molar-refractivity contribution in [1.29, 1.82) is 0 Å². The molecule has 0 spiro atoms. The molecule has 0 fully saturated rings. The number of fused-ring (bicyclic) bond motifs is 1. The van der Waals surface area contributed by atoms with Gasteiger partial charge in [0.2, 0.25) is 0 Å². The van der Waals surface area contributed by atoms with Crippen molar-refractivity contribution in [2.24, 2.45) is 0 Å². The molecule has 0 aliphatic carbocycles. The molecule has 11 heteroatoms. The number of rotatable bonds is 11. The summed E-state index contributed by atoms with van der Waals surface area (Å²) < 4.78 is 37.9. The van der Waals surface area contributed by atoms with Gasteiger partial charge in [-0.1, -0.05) is 32.6 Å². The second-order valence-corrected chi connectivity index (χ2v) is 17.6. The first-order chi connectivity index (χ1) is 17.6. The molecular weight excluding hydrogens is 508 g/mol. The van der Waals surface area contributed by atoms with Crippen LogP contribution in [0.15, 0.2) is 59.9 Å². The molecule has 37 heavy (non-hydrogen) atoms. The van der Waals surface area contributed by atoms with E-state index in [-0.39, 0.29) is 17.5 Å². The highest BCUT2D eigenvalue weighted by atomic mass is 32.2. The van der Waals surface area contributed by atoms with Gasteiger partial charge in [0.25, 0.3) is 0 Å². The number of benzene rings is 1. The Hall–Kier alpha value is -3.41. The van der Waals surface area contributed by atoms with Crippen LogP contribution in [0.25, 0.3) is 22.6 Å². The normalized spacial score (nSPS) is 12.1. The summed E-state index contributed by atoms with van der Waals surface area (Å²) in [5, 5.41) is -0.0146. The quantitative estimate of drug-likeness (QED) is 0.145. The van der Waals surface area contributed by atoms with E-state index < -0.39 is 17.9 Å². The maximum atomic E-state index is 12.1. The number of pyridine rings is 2. The van der Waals surface area contributed by atoms with E-state index in [1.807, 2.05) is 22.8 Å². The molecule has 4 rings (SSSR count). The lowest BCUT2D eigenvalue weighted by atomic mass is 10.2. The molecule has 0 bridgehead atoms. The Morgan fingerprint density at radius 3 is 2.49 bits per heavy atom. The van der Waals surface area contributed by atoms with E-state index >= 15 is 0 Å². The highest BCUT2D eigenvalue weighted by Gasteiger charge is 2.20. The Morgan fingerprint density at radius 1 is 1.05 bits per heavy atom. The number of nitrogens with zero attached hydrogens (tertiary/aromatic N) is 4. The van der Waals surface area contributed by atoms with E-state index in [4.69, 9.17) is 14.5 Å². The maximum Gasteiger partial charge on any atom is 0.195 e. The fourth-order valence-corrected chi connectivity index (χ4v) is 5.21. The molecule has 0 saturated heterocycles.